The molecule has 0 bridgehead atoms. The molecule has 100 valence electrons. The highest BCUT2D eigenvalue weighted by molar-refractivity contribution is 7.86. The van der Waals surface area contributed by atoms with Crippen molar-refractivity contribution in [3.05, 3.63) is 21.9 Å². The second-order valence-electron chi connectivity index (χ2n) is 4.61. The summed E-state index contributed by atoms with van der Waals surface area (Å²) in [5.74, 6) is 0. The van der Waals surface area contributed by atoms with Gasteiger partial charge in [0.1, 0.15) is 0 Å². The van der Waals surface area contributed by atoms with Crippen LogP contribution in [0.15, 0.2) is 11.4 Å². The molecule has 2 aliphatic rings. The van der Waals surface area contributed by atoms with Crippen LogP contribution in [0.4, 0.5) is 0 Å². The number of nitrogens with zero attached hydrogens (tertiary/aromatic N) is 2. The number of hydrogen-bond donors (Lipinski definition) is 1. The molecule has 5 nitrogen and oxygen atoms in total. The predicted molar refractivity (Wildman–Crippen MR) is 71.8 cm³/mol. The Kier molecular flexibility index (Phi) is 3.42. The van der Waals surface area contributed by atoms with Crippen LogP contribution in [0, 0.1) is 0 Å². The lowest BCUT2D eigenvalue weighted by atomic mass is 10.1. The first-order chi connectivity index (χ1) is 8.68. The first-order valence-corrected chi connectivity index (χ1v) is 8.47. The molecule has 0 amide bonds. The minimum atomic E-state index is -3.27. The molecule has 0 aromatic carbocycles. The van der Waals surface area contributed by atoms with Crippen LogP contribution in [0.3, 0.4) is 0 Å². The van der Waals surface area contributed by atoms with Gasteiger partial charge in [0.05, 0.1) is 0 Å². The summed E-state index contributed by atoms with van der Waals surface area (Å²) in [5, 5.41) is 5.23. The monoisotopic (exact) mass is 287 g/mol. The molecule has 1 aromatic rings. The van der Waals surface area contributed by atoms with Gasteiger partial charge in [0.25, 0.3) is 10.2 Å². The first-order valence-electron chi connectivity index (χ1n) is 6.19. The first kappa shape index (κ1) is 12.6. The van der Waals surface area contributed by atoms with Crippen molar-refractivity contribution in [3.63, 3.8) is 0 Å². The molecule has 0 unspecified atom stereocenters. The Morgan fingerprint density at radius 1 is 1.17 bits per heavy atom. The smallest absolute Gasteiger partial charge is 0.282 e. The number of nitrogens with one attached hydrogen (secondary N) is 1. The van der Waals surface area contributed by atoms with Gasteiger partial charge in [0.2, 0.25) is 0 Å². The largest absolute Gasteiger partial charge is 0.314 e. The van der Waals surface area contributed by atoms with E-state index in [0.717, 1.165) is 19.5 Å². The Morgan fingerprint density at radius 2 is 1.94 bits per heavy atom. The molecule has 0 aliphatic carbocycles. The van der Waals surface area contributed by atoms with Crippen molar-refractivity contribution in [2.75, 3.05) is 32.7 Å². The predicted octanol–water partition coefficient (Wildman–Crippen LogP) is 0.256. The van der Waals surface area contributed by atoms with Gasteiger partial charge < -0.3 is 5.32 Å². The third-order valence-corrected chi connectivity index (χ3v) is 6.51. The third kappa shape index (κ3) is 2.21. The lowest BCUT2D eigenvalue weighted by Gasteiger charge is -2.34. The molecule has 1 N–H and O–H groups in total. The summed E-state index contributed by atoms with van der Waals surface area (Å²) in [5.41, 5.74) is 1.17. The van der Waals surface area contributed by atoms with E-state index in [4.69, 9.17) is 0 Å². The molecule has 0 saturated carbocycles. The lowest BCUT2D eigenvalue weighted by Crippen LogP contribution is -2.52. The summed E-state index contributed by atoms with van der Waals surface area (Å²) < 4.78 is 28.2. The topological polar surface area (TPSA) is 52.7 Å². The molecule has 1 aromatic heterocycles. The van der Waals surface area contributed by atoms with Crippen LogP contribution in [0.25, 0.3) is 0 Å². The van der Waals surface area contributed by atoms with Crippen molar-refractivity contribution in [2.45, 2.75) is 13.0 Å². The van der Waals surface area contributed by atoms with Gasteiger partial charge in [-0.25, -0.2) is 0 Å². The van der Waals surface area contributed by atoms with Crippen LogP contribution in [-0.2, 0) is 23.2 Å². The number of piperazine rings is 1. The van der Waals surface area contributed by atoms with Crippen LogP contribution >= 0.6 is 11.3 Å². The van der Waals surface area contributed by atoms with Gasteiger partial charge in [-0.3, -0.25) is 0 Å². The molecule has 18 heavy (non-hydrogen) atoms. The van der Waals surface area contributed by atoms with Gasteiger partial charge >= 0.3 is 0 Å². The average molecular weight is 287 g/mol. The van der Waals surface area contributed by atoms with Gasteiger partial charge in [0, 0.05) is 44.1 Å². The van der Waals surface area contributed by atoms with Crippen LogP contribution in [-0.4, -0.2) is 49.8 Å². The Balaban J connectivity index is 1.78. The van der Waals surface area contributed by atoms with Crippen LogP contribution in [0.1, 0.15) is 10.4 Å². The van der Waals surface area contributed by atoms with E-state index in [1.165, 1.54) is 10.4 Å². The van der Waals surface area contributed by atoms with Crippen molar-refractivity contribution >= 4 is 21.5 Å². The number of thiophene rings is 1. The normalized spacial score (nSPS) is 22.9. The summed E-state index contributed by atoms with van der Waals surface area (Å²) in [6, 6.07) is 2.04. The molecular formula is C11H17N3O2S2. The van der Waals surface area contributed by atoms with Crippen molar-refractivity contribution in [2.24, 2.45) is 0 Å². The number of hydrogen-bond acceptors (Lipinski definition) is 4. The zero-order chi connectivity index (χ0) is 12.6. The second kappa shape index (κ2) is 4.90. The summed E-state index contributed by atoms with van der Waals surface area (Å²) in [6.07, 6.45) is 0.846. The molecule has 1 saturated heterocycles. The quantitative estimate of drug-likeness (QED) is 0.849. The van der Waals surface area contributed by atoms with Crippen molar-refractivity contribution < 1.29 is 8.42 Å². The minimum Gasteiger partial charge on any atom is -0.314 e. The maximum atomic E-state index is 12.5. The summed E-state index contributed by atoms with van der Waals surface area (Å²) in [6.45, 7) is 3.79. The van der Waals surface area contributed by atoms with E-state index >= 15 is 0 Å². The van der Waals surface area contributed by atoms with Gasteiger partial charge in [-0.15, -0.1) is 11.3 Å². The van der Waals surface area contributed by atoms with E-state index < -0.39 is 10.2 Å². The Labute approximate surface area is 112 Å². The van der Waals surface area contributed by atoms with Crippen LogP contribution < -0.4 is 5.32 Å². The van der Waals surface area contributed by atoms with E-state index in [9.17, 15) is 8.42 Å². The maximum Gasteiger partial charge on any atom is 0.282 e. The number of rotatable bonds is 2. The molecule has 0 atom stereocenters. The standard InChI is InChI=1S/C11H17N3O2S2/c15-18(16,13-6-3-12-4-7-13)14-5-1-11-10(9-14)2-8-17-11/h2,8,12H,1,3-7,9H2. The van der Waals surface area contributed by atoms with Crippen LogP contribution in [0.2, 0.25) is 0 Å². The van der Waals surface area contributed by atoms with Crippen molar-refractivity contribution in [1.82, 2.24) is 13.9 Å². The zero-order valence-corrected chi connectivity index (χ0v) is 11.8. The van der Waals surface area contributed by atoms with Crippen LogP contribution in [0.5, 0.6) is 0 Å². The molecule has 0 spiro atoms. The zero-order valence-electron chi connectivity index (χ0n) is 10.1. The van der Waals surface area contributed by atoms with Gasteiger partial charge in [-0.05, 0) is 23.4 Å². The second-order valence-corrected chi connectivity index (χ2v) is 7.54. The highest BCUT2D eigenvalue weighted by atomic mass is 32.2. The lowest BCUT2D eigenvalue weighted by molar-refractivity contribution is 0.304. The van der Waals surface area contributed by atoms with E-state index in [2.05, 4.69) is 5.32 Å². The molecule has 0 radical (unpaired) electrons. The van der Waals surface area contributed by atoms with E-state index in [1.54, 1.807) is 19.9 Å². The number of fused-ring (bicyclic) bond motifs is 1. The summed E-state index contributed by atoms with van der Waals surface area (Å²) >= 11 is 1.73. The van der Waals surface area contributed by atoms with Gasteiger partial charge in [0.15, 0.2) is 0 Å². The molecular weight excluding hydrogens is 270 g/mol. The fourth-order valence-corrected chi connectivity index (χ4v) is 4.94. The highest BCUT2D eigenvalue weighted by Gasteiger charge is 2.33. The van der Waals surface area contributed by atoms with Crippen molar-refractivity contribution in [3.8, 4) is 0 Å². The van der Waals surface area contributed by atoms with Gasteiger partial charge in [-0.2, -0.15) is 17.0 Å². The molecule has 2 aliphatic heterocycles. The third-order valence-electron chi connectivity index (χ3n) is 3.50. The van der Waals surface area contributed by atoms with E-state index in [-0.39, 0.29) is 0 Å². The summed E-state index contributed by atoms with van der Waals surface area (Å²) in [4.78, 5) is 1.33. The molecule has 1 fully saturated rings. The van der Waals surface area contributed by atoms with Gasteiger partial charge in [-0.1, -0.05) is 0 Å². The van der Waals surface area contributed by atoms with Crippen molar-refractivity contribution in [1.29, 1.82) is 0 Å². The fourth-order valence-electron chi connectivity index (χ4n) is 2.46. The van der Waals surface area contributed by atoms with E-state index in [1.807, 2.05) is 11.4 Å². The highest BCUT2D eigenvalue weighted by Crippen LogP contribution is 2.26. The molecule has 3 heterocycles. The molecule has 7 heteroatoms. The maximum absolute atomic E-state index is 12.5. The fraction of sp³-hybridized carbons (Fsp3) is 0.636. The average Bonchev–Trinajstić information content (AvgIpc) is 2.87. The Morgan fingerprint density at radius 3 is 2.72 bits per heavy atom. The minimum absolute atomic E-state index is 0.533. The Bertz CT molecular complexity index is 520. The SMILES string of the molecule is O=S(=O)(N1CCNCC1)N1CCc2sccc2C1. The van der Waals surface area contributed by atoms with E-state index in [0.29, 0.717) is 26.2 Å². The Hall–Kier alpha value is -0.470. The molecule has 3 rings (SSSR count). The summed E-state index contributed by atoms with van der Waals surface area (Å²) in [7, 11) is -3.27.